The van der Waals surface area contributed by atoms with Crippen molar-refractivity contribution in [1.29, 1.82) is 0 Å². The number of rotatable bonds is 3. The molecule has 0 radical (unpaired) electrons. The van der Waals surface area contributed by atoms with Crippen molar-refractivity contribution in [2.24, 2.45) is 0 Å². The van der Waals surface area contributed by atoms with Gasteiger partial charge in [0.1, 0.15) is 11.6 Å². The van der Waals surface area contributed by atoms with Crippen molar-refractivity contribution in [2.45, 2.75) is 26.2 Å². The van der Waals surface area contributed by atoms with E-state index in [0.29, 0.717) is 0 Å². The van der Waals surface area contributed by atoms with Crippen LogP contribution in [-0.4, -0.2) is 16.3 Å². The lowest BCUT2D eigenvalue weighted by atomic mass is 10.1. The fourth-order valence-corrected chi connectivity index (χ4v) is 2.45. The summed E-state index contributed by atoms with van der Waals surface area (Å²) < 4.78 is 14.9. The van der Waals surface area contributed by atoms with E-state index in [4.69, 9.17) is 0 Å². The molecule has 1 aliphatic rings. The third kappa shape index (κ3) is 1.78. The number of hydrogen-bond donors (Lipinski definition) is 1. The standard InChI is InChI=1S/C14H16FN3/c1-2-3-13-12-8-9-16-14(12)18(17-13)11-6-4-10(15)5-7-11/h4-7,16H,2-3,8-9H2,1H3. The maximum atomic E-state index is 13.0. The summed E-state index contributed by atoms with van der Waals surface area (Å²) in [5.74, 6) is 0.856. The number of anilines is 1. The Labute approximate surface area is 106 Å². The van der Waals surface area contributed by atoms with Gasteiger partial charge in [-0.2, -0.15) is 5.10 Å². The molecule has 0 saturated carbocycles. The summed E-state index contributed by atoms with van der Waals surface area (Å²) in [6, 6.07) is 6.46. The summed E-state index contributed by atoms with van der Waals surface area (Å²) in [4.78, 5) is 0. The van der Waals surface area contributed by atoms with Crippen LogP contribution in [0.1, 0.15) is 24.6 Å². The molecule has 4 heteroatoms. The quantitative estimate of drug-likeness (QED) is 0.901. The smallest absolute Gasteiger partial charge is 0.133 e. The summed E-state index contributed by atoms with van der Waals surface area (Å²) >= 11 is 0. The van der Waals surface area contributed by atoms with Crippen LogP contribution < -0.4 is 5.32 Å². The lowest BCUT2D eigenvalue weighted by Gasteiger charge is -2.05. The first kappa shape index (κ1) is 11.3. The minimum absolute atomic E-state index is 0.218. The molecule has 2 aromatic rings. The van der Waals surface area contributed by atoms with Gasteiger partial charge in [-0.3, -0.25) is 0 Å². The lowest BCUT2D eigenvalue weighted by molar-refractivity contribution is 0.627. The Hall–Kier alpha value is -1.84. The van der Waals surface area contributed by atoms with Crippen molar-refractivity contribution in [3.05, 3.63) is 41.3 Å². The van der Waals surface area contributed by atoms with Crippen LogP contribution in [0, 0.1) is 5.82 Å². The van der Waals surface area contributed by atoms with E-state index in [1.807, 2.05) is 4.68 Å². The molecule has 2 heterocycles. The van der Waals surface area contributed by atoms with Gasteiger partial charge in [0.05, 0.1) is 11.4 Å². The van der Waals surface area contributed by atoms with Gasteiger partial charge in [0, 0.05) is 12.1 Å². The van der Waals surface area contributed by atoms with E-state index in [1.54, 1.807) is 12.1 Å². The van der Waals surface area contributed by atoms with Crippen LogP contribution in [0.25, 0.3) is 5.69 Å². The highest BCUT2D eigenvalue weighted by Crippen LogP contribution is 2.29. The second kappa shape index (κ2) is 4.44. The topological polar surface area (TPSA) is 29.9 Å². The minimum atomic E-state index is -0.218. The zero-order chi connectivity index (χ0) is 12.5. The summed E-state index contributed by atoms with van der Waals surface area (Å²) in [6.07, 6.45) is 3.12. The van der Waals surface area contributed by atoms with Crippen LogP contribution in [0.15, 0.2) is 24.3 Å². The van der Waals surface area contributed by atoms with Gasteiger partial charge in [0.15, 0.2) is 0 Å². The summed E-state index contributed by atoms with van der Waals surface area (Å²) in [7, 11) is 0. The fourth-order valence-electron chi connectivity index (χ4n) is 2.45. The Morgan fingerprint density at radius 3 is 2.83 bits per heavy atom. The van der Waals surface area contributed by atoms with Gasteiger partial charge < -0.3 is 5.32 Å². The first-order valence-electron chi connectivity index (χ1n) is 6.40. The number of hydrogen-bond acceptors (Lipinski definition) is 2. The van der Waals surface area contributed by atoms with Crippen LogP contribution in [-0.2, 0) is 12.8 Å². The van der Waals surface area contributed by atoms with Gasteiger partial charge in [0.2, 0.25) is 0 Å². The number of nitrogens with zero attached hydrogens (tertiary/aromatic N) is 2. The normalized spacial score (nSPS) is 13.4. The van der Waals surface area contributed by atoms with Gasteiger partial charge in [-0.25, -0.2) is 9.07 Å². The molecule has 18 heavy (non-hydrogen) atoms. The largest absolute Gasteiger partial charge is 0.369 e. The molecule has 0 fully saturated rings. The molecular formula is C14H16FN3. The van der Waals surface area contributed by atoms with Crippen LogP contribution in [0.2, 0.25) is 0 Å². The number of benzene rings is 1. The Balaban J connectivity index is 2.07. The van der Waals surface area contributed by atoms with E-state index >= 15 is 0 Å². The minimum Gasteiger partial charge on any atom is -0.369 e. The number of aromatic nitrogens is 2. The Morgan fingerprint density at radius 1 is 1.33 bits per heavy atom. The molecule has 1 aromatic heterocycles. The van der Waals surface area contributed by atoms with Crippen LogP contribution in [0.3, 0.4) is 0 Å². The van der Waals surface area contributed by atoms with Crippen LogP contribution in [0.4, 0.5) is 10.2 Å². The zero-order valence-electron chi connectivity index (χ0n) is 10.4. The molecule has 0 aliphatic carbocycles. The number of fused-ring (bicyclic) bond motifs is 1. The van der Waals surface area contributed by atoms with Gasteiger partial charge in [-0.1, -0.05) is 13.3 Å². The molecule has 0 amide bonds. The molecule has 0 bridgehead atoms. The number of aryl methyl sites for hydroxylation is 1. The molecular weight excluding hydrogens is 229 g/mol. The van der Waals surface area contributed by atoms with E-state index in [9.17, 15) is 4.39 Å². The molecule has 94 valence electrons. The van der Waals surface area contributed by atoms with E-state index in [2.05, 4.69) is 17.3 Å². The molecule has 0 spiro atoms. The summed E-state index contributed by atoms with van der Waals surface area (Å²) in [6.45, 7) is 3.12. The van der Waals surface area contributed by atoms with E-state index in [1.165, 1.54) is 23.4 Å². The fraction of sp³-hybridized carbons (Fsp3) is 0.357. The Morgan fingerprint density at radius 2 is 2.11 bits per heavy atom. The molecule has 1 N–H and O–H groups in total. The molecule has 3 nitrogen and oxygen atoms in total. The van der Waals surface area contributed by atoms with Crippen molar-refractivity contribution < 1.29 is 4.39 Å². The SMILES string of the molecule is CCCc1nn(-c2ccc(F)cc2)c2c1CCN2. The first-order chi connectivity index (χ1) is 8.79. The van der Waals surface area contributed by atoms with Crippen LogP contribution >= 0.6 is 0 Å². The van der Waals surface area contributed by atoms with Crippen molar-refractivity contribution in [3.63, 3.8) is 0 Å². The molecule has 0 unspecified atom stereocenters. The molecule has 0 saturated heterocycles. The highest BCUT2D eigenvalue weighted by atomic mass is 19.1. The molecule has 3 rings (SSSR count). The predicted molar refractivity (Wildman–Crippen MR) is 69.7 cm³/mol. The first-order valence-corrected chi connectivity index (χ1v) is 6.40. The highest BCUT2D eigenvalue weighted by Gasteiger charge is 2.22. The van der Waals surface area contributed by atoms with Gasteiger partial charge >= 0.3 is 0 Å². The highest BCUT2D eigenvalue weighted by molar-refractivity contribution is 5.57. The molecule has 1 aromatic carbocycles. The molecule has 0 atom stereocenters. The Kier molecular flexibility index (Phi) is 2.78. The van der Waals surface area contributed by atoms with E-state index in [-0.39, 0.29) is 5.82 Å². The Bertz CT molecular complexity index is 557. The van der Waals surface area contributed by atoms with Crippen molar-refractivity contribution in [3.8, 4) is 5.69 Å². The summed E-state index contributed by atoms with van der Waals surface area (Å²) in [5, 5.41) is 8.02. The second-order valence-corrected chi connectivity index (χ2v) is 4.59. The lowest BCUT2D eigenvalue weighted by Crippen LogP contribution is -2.04. The molecule has 1 aliphatic heterocycles. The van der Waals surface area contributed by atoms with Gasteiger partial charge in [-0.15, -0.1) is 0 Å². The second-order valence-electron chi connectivity index (χ2n) is 4.59. The average molecular weight is 245 g/mol. The van der Waals surface area contributed by atoms with Crippen LogP contribution in [0.5, 0.6) is 0 Å². The van der Waals surface area contributed by atoms with Gasteiger partial charge in [0.25, 0.3) is 0 Å². The number of halogens is 1. The predicted octanol–water partition coefficient (Wildman–Crippen LogP) is 2.93. The maximum absolute atomic E-state index is 13.0. The third-order valence-corrected chi connectivity index (χ3v) is 3.29. The monoisotopic (exact) mass is 245 g/mol. The maximum Gasteiger partial charge on any atom is 0.133 e. The average Bonchev–Trinajstić information content (AvgIpc) is 2.95. The number of nitrogens with one attached hydrogen (secondary N) is 1. The van der Waals surface area contributed by atoms with E-state index < -0.39 is 0 Å². The van der Waals surface area contributed by atoms with Crippen molar-refractivity contribution >= 4 is 5.82 Å². The third-order valence-electron chi connectivity index (χ3n) is 3.29. The van der Waals surface area contributed by atoms with Gasteiger partial charge in [-0.05, 0) is 37.1 Å². The summed E-state index contributed by atoms with van der Waals surface area (Å²) in [5.41, 5.74) is 3.40. The zero-order valence-corrected chi connectivity index (χ0v) is 10.4. The van der Waals surface area contributed by atoms with E-state index in [0.717, 1.165) is 37.3 Å². The van der Waals surface area contributed by atoms with Crippen molar-refractivity contribution in [2.75, 3.05) is 11.9 Å². The van der Waals surface area contributed by atoms with Crippen molar-refractivity contribution in [1.82, 2.24) is 9.78 Å².